The molecule has 108 valence electrons. The second kappa shape index (κ2) is 4.83. The van der Waals surface area contributed by atoms with Gasteiger partial charge in [-0.05, 0) is 27.7 Å². The molecule has 6 heteroatoms. The number of hydrogen-bond acceptors (Lipinski definition) is 3. The van der Waals surface area contributed by atoms with Gasteiger partial charge in [0.15, 0.2) is 0 Å². The molecule has 1 unspecified atom stereocenters. The molecule has 19 heavy (non-hydrogen) atoms. The molecular formula is C13H22N2O4. The molecule has 1 aliphatic heterocycles. The number of nitrogens with one attached hydrogen (secondary N) is 1. The van der Waals surface area contributed by atoms with Crippen LogP contribution in [-0.2, 0) is 14.4 Å². The van der Waals surface area contributed by atoms with E-state index in [0.717, 1.165) is 0 Å². The molecule has 1 heterocycles. The van der Waals surface area contributed by atoms with Crippen molar-refractivity contribution in [2.45, 2.75) is 39.7 Å². The fourth-order valence-electron chi connectivity index (χ4n) is 1.87. The average Bonchev–Trinajstić information content (AvgIpc) is 2.58. The van der Waals surface area contributed by atoms with Crippen molar-refractivity contribution in [2.24, 2.45) is 11.3 Å². The summed E-state index contributed by atoms with van der Waals surface area (Å²) in [4.78, 5) is 36.3. The summed E-state index contributed by atoms with van der Waals surface area (Å²) in [6, 6.07) is 0. The number of carbonyl (C=O) groups excluding carboxylic acids is 2. The third kappa shape index (κ3) is 2.88. The summed E-state index contributed by atoms with van der Waals surface area (Å²) in [7, 11) is 1.65. The Morgan fingerprint density at radius 2 is 1.84 bits per heavy atom. The van der Waals surface area contributed by atoms with E-state index in [1.165, 1.54) is 4.90 Å². The Labute approximate surface area is 113 Å². The van der Waals surface area contributed by atoms with Crippen LogP contribution < -0.4 is 5.32 Å². The van der Waals surface area contributed by atoms with Gasteiger partial charge in [0.25, 0.3) is 0 Å². The van der Waals surface area contributed by atoms with Crippen LogP contribution >= 0.6 is 0 Å². The number of nitrogens with zero attached hydrogens (tertiary/aromatic N) is 1. The lowest BCUT2D eigenvalue weighted by Crippen LogP contribution is -2.58. The highest BCUT2D eigenvalue weighted by molar-refractivity contribution is 5.90. The molecule has 2 amide bonds. The van der Waals surface area contributed by atoms with Gasteiger partial charge in [-0.2, -0.15) is 0 Å². The molecule has 2 N–H and O–H groups in total. The lowest BCUT2D eigenvalue weighted by atomic mass is 9.74. The summed E-state index contributed by atoms with van der Waals surface area (Å²) < 4.78 is 0. The topological polar surface area (TPSA) is 86.7 Å². The Balaban J connectivity index is 2.77. The van der Waals surface area contributed by atoms with Crippen LogP contribution in [0.2, 0.25) is 0 Å². The number of amides is 2. The van der Waals surface area contributed by atoms with E-state index in [9.17, 15) is 19.5 Å². The lowest BCUT2D eigenvalue weighted by Gasteiger charge is -2.39. The van der Waals surface area contributed by atoms with Crippen LogP contribution in [0.1, 0.15) is 34.1 Å². The van der Waals surface area contributed by atoms with E-state index in [1.54, 1.807) is 34.7 Å². The van der Waals surface area contributed by atoms with Gasteiger partial charge in [0, 0.05) is 25.6 Å². The third-order valence-corrected chi connectivity index (χ3v) is 4.24. The molecule has 1 rings (SSSR count). The van der Waals surface area contributed by atoms with Gasteiger partial charge in [-0.1, -0.05) is 0 Å². The van der Waals surface area contributed by atoms with E-state index in [4.69, 9.17) is 0 Å². The smallest absolute Gasteiger partial charge is 0.311 e. The lowest BCUT2D eigenvalue weighted by molar-refractivity contribution is -0.152. The zero-order valence-electron chi connectivity index (χ0n) is 12.1. The van der Waals surface area contributed by atoms with Crippen molar-refractivity contribution < 1.29 is 19.5 Å². The molecule has 0 aromatic carbocycles. The first-order valence-corrected chi connectivity index (χ1v) is 6.28. The number of aliphatic carboxylic acids is 1. The second-order valence-electron chi connectivity index (χ2n) is 6.22. The molecule has 0 radical (unpaired) electrons. The molecule has 0 aromatic heterocycles. The zero-order valence-corrected chi connectivity index (χ0v) is 12.1. The Morgan fingerprint density at radius 1 is 1.32 bits per heavy atom. The second-order valence-corrected chi connectivity index (χ2v) is 6.22. The van der Waals surface area contributed by atoms with Crippen LogP contribution in [-0.4, -0.2) is 46.9 Å². The number of hydrogen-bond donors (Lipinski definition) is 2. The van der Waals surface area contributed by atoms with Gasteiger partial charge < -0.3 is 15.3 Å². The highest BCUT2D eigenvalue weighted by atomic mass is 16.4. The summed E-state index contributed by atoms with van der Waals surface area (Å²) in [6.07, 6.45) is 0.186. The SMILES string of the molecule is CN1CC(C(=O)NC(C)(C)C(C)(C)C(=O)O)CC1=O. The average molecular weight is 270 g/mol. The van der Waals surface area contributed by atoms with E-state index in [1.807, 2.05) is 0 Å². The molecule has 1 saturated heterocycles. The van der Waals surface area contributed by atoms with Gasteiger partial charge >= 0.3 is 5.97 Å². The molecule has 1 aliphatic rings. The molecule has 0 aliphatic carbocycles. The van der Waals surface area contributed by atoms with Crippen molar-refractivity contribution in [1.29, 1.82) is 0 Å². The van der Waals surface area contributed by atoms with E-state index >= 15 is 0 Å². The predicted octanol–water partition coefficient (Wildman–Crippen LogP) is 0.470. The van der Waals surface area contributed by atoms with E-state index in [-0.39, 0.29) is 18.2 Å². The van der Waals surface area contributed by atoms with Gasteiger partial charge in [0.1, 0.15) is 0 Å². The molecule has 0 aromatic rings. The standard InChI is InChI=1S/C13H22N2O4/c1-12(2,11(18)19)13(3,4)14-10(17)8-6-9(16)15(5)7-8/h8H,6-7H2,1-5H3,(H,14,17)(H,18,19). The highest BCUT2D eigenvalue weighted by Crippen LogP contribution is 2.31. The number of rotatable bonds is 4. The minimum atomic E-state index is -1.10. The number of likely N-dealkylation sites (tertiary alicyclic amines) is 1. The van der Waals surface area contributed by atoms with Crippen molar-refractivity contribution in [3.05, 3.63) is 0 Å². The first kappa shape index (κ1) is 15.5. The molecule has 1 fully saturated rings. The van der Waals surface area contributed by atoms with Gasteiger partial charge in [0.05, 0.1) is 11.3 Å². The summed E-state index contributed by atoms with van der Waals surface area (Å²) in [6.45, 7) is 6.89. The Kier molecular flexibility index (Phi) is 3.93. The summed E-state index contributed by atoms with van der Waals surface area (Å²) in [5.41, 5.74) is -2.00. The Morgan fingerprint density at radius 3 is 2.21 bits per heavy atom. The van der Waals surface area contributed by atoms with Gasteiger partial charge in [-0.3, -0.25) is 14.4 Å². The van der Waals surface area contributed by atoms with Crippen molar-refractivity contribution in [3.8, 4) is 0 Å². The van der Waals surface area contributed by atoms with Crippen LogP contribution in [0.25, 0.3) is 0 Å². The van der Waals surface area contributed by atoms with Crippen molar-refractivity contribution in [2.75, 3.05) is 13.6 Å². The quantitative estimate of drug-likeness (QED) is 0.777. The van der Waals surface area contributed by atoms with E-state index in [2.05, 4.69) is 5.32 Å². The van der Waals surface area contributed by atoms with Gasteiger partial charge in [0.2, 0.25) is 11.8 Å². The van der Waals surface area contributed by atoms with Crippen LogP contribution in [0.4, 0.5) is 0 Å². The van der Waals surface area contributed by atoms with Crippen LogP contribution in [0.15, 0.2) is 0 Å². The van der Waals surface area contributed by atoms with Crippen molar-refractivity contribution in [3.63, 3.8) is 0 Å². The third-order valence-electron chi connectivity index (χ3n) is 4.24. The highest BCUT2D eigenvalue weighted by Gasteiger charge is 2.45. The number of carbonyl (C=O) groups is 3. The van der Waals surface area contributed by atoms with Crippen molar-refractivity contribution in [1.82, 2.24) is 10.2 Å². The normalized spacial score (nSPS) is 20.6. The minimum Gasteiger partial charge on any atom is -0.481 e. The fraction of sp³-hybridized carbons (Fsp3) is 0.769. The first-order chi connectivity index (χ1) is 8.49. The van der Waals surface area contributed by atoms with Crippen molar-refractivity contribution >= 4 is 17.8 Å². The van der Waals surface area contributed by atoms with E-state index in [0.29, 0.717) is 6.54 Å². The van der Waals surface area contributed by atoms with E-state index < -0.39 is 22.8 Å². The predicted molar refractivity (Wildman–Crippen MR) is 69.4 cm³/mol. The van der Waals surface area contributed by atoms with Crippen LogP contribution in [0.3, 0.4) is 0 Å². The Bertz CT molecular complexity index is 415. The molecule has 1 atom stereocenters. The molecule has 0 saturated carbocycles. The largest absolute Gasteiger partial charge is 0.481 e. The summed E-state index contributed by atoms with van der Waals surface area (Å²) in [5.74, 6) is -1.70. The molecule has 0 spiro atoms. The monoisotopic (exact) mass is 270 g/mol. The minimum absolute atomic E-state index is 0.0598. The summed E-state index contributed by atoms with van der Waals surface area (Å²) in [5, 5.41) is 12.0. The molecule has 0 bridgehead atoms. The Hall–Kier alpha value is -1.59. The van der Waals surface area contributed by atoms with Gasteiger partial charge in [-0.15, -0.1) is 0 Å². The zero-order chi connectivity index (χ0) is 15.0. The molecule has 6 nitrogen and oxygen atoms in total. The maximum absolute atomic E-state index is 12.1. The maximum Gasteiger partial charge on any atom is 0.311 e. The number of carboxylic acid groups (broad SMARTS) is 1. The number of carboxylic acids is 1. The van der Waals surface area contributed by atoms with Crippen LogP contribution in [0.5, 0.6) is 0 Å². The van der Waals surface area contributed by atoms with Gasteiger partial charge in [-0.25, -0.2) is 0 Å². The fourth-order valence-corrected chi connectivity index (χ4v) is 1.87. The first-order valence-electron chi connectivity index (χ1n) is 6.28. The molecular weight excluding hydrogens is 248 g/mol. The summed E-state index contributed by atoms with van der Waals surface area (Å²) >= 11 is 0. The maximum atomic E-state index is 12.1. The van der Waals surface area contributed by atoms with Crippen LogP contribution in [0, 0.1) is 11.3 Å².